The van der Waals surface area contributed by atoms with Crippen LogP contribution in [0.1, 0.15) is 28.8 Å². The summed E-state index contributed by atoms with van der Waals surface area (Å²) in [6.45, 7) is 3.23. The Balaban J connectivity index is 1.34. The summed E-state index contributed by atoms with van der Waals surface area (Å²) in [4.78, 5) is 47.6. The van der Waals surface area contributed by atoms with Crippen molar-refractivity contribution in [2.24, 2.45) is 5.92 Å². The van der Waals surface area contributed by atoms with Crippen molar-refractivity contribution in [2.75, 3.05) is 32.7 Å². The summed E-state index contributed by atoms with van der Waals surface area (Å²) in [6, 6.07) is 13.3. The molecule has 7 nitrogen and oxygen atoms in total. The van der Waals surface area contributed by atoms with E-state index in [-0.39, 0.29) is 30.1 Å². The third kappa shape index (κ3) is 4.50. The van der Waals surface area contributed by atoms with E-state index >= 15 is 0 Å². The number of amides is 3. The Morgan fingerprint density at radius 3 is 2.40 bits per heavy atom. The summed E-state index contributed by atoms with van der Waals surface area (Å²) in [5, 5.41) is 0. The average molecular weight is 406 g/mol. The molecule has 3 amide bonds. The molecule has 4 rings (SSSR count). The fourth-order valence-corrected chi connectivity index (χ4v) is 4.17. The predicted octanol–water partition coefficient (Wildman–Crippen LogP) is 1.80. The zero-order chi connectivity index (χ0) is 20.9. The maximum atomic E-state index is 13.1. The van der Waals surface area contributed by atoms with Gasteiger partial charge in [0.05, 0.1) is 5.92 Å². The van der Waals surface area contributed by atoms with E-state index in [0.717, 1.165) is 12.0 Å². The van der Waals surface area contributed by atoms with Crippen LogP contribution in [0.5, 0.6) is 0 Å². The molecule has 2 aromatic rings. The van der Waals surface area contributed by atoms with Gasteiger partial charge < -0.3 is 14.7 Å². The van der Waals surface area contributed by atoms with Crippen molar-refractivity contribution in [1.82, 2.24) is 19.7 Å². The standard InChI is InChI=1S/C23H26N4O3/c28-21-15-20(17-27(21)16-18-5-2-1-3-6-18)23(30)26-12-4-11-25(13-14-26)22(29)19-7-9-24-10-8-19/h1-3,5-10,20H,4,11-17H2. The molecule has 1 aromatic heterocycles. The van der Waals surface area contributed by atoms with Crippen molar-refractivity contribution in [2.45, 2.75) is 19.4 Å². The Morgan fingerprint density at radius 2 is 1.63 bits per heavy atom. The van der Waals surface area contributed by atoms with Gasteiger partial charge in [-0.1, -0.05) is 30.3 Å². The van der Waals surface area contributed by atoms with Gasteiger partial charge in [0.2, 0.25) is 11.8 Å². The first kappa shape index (κ1) is 20.1. The summed E-state index contributed by atoms with van der Waals surface area (Å²) < 4.78 is 0. The number of hydrogen-bond donors (Lipinski definition) is 0. The summed E-state index contributed by atoms with van der Waals surface area (Å²) >= 11 is 0. The molecule has 2 aliphatic rings. The first-order valence-electron chi connectivity index (χ1n) is 10.4. The van der Waals surface area contributed by atoms with Gasteiger partial charge in [-0.25, -0.2) is 0 Å². The minimum absolute atomic E-state index is 0.0251. The van der Waals surface area contributed by atoms with Crippen LogP contribution in [0.15, 0.2) is 54.9 Å². The molecule has 0 radical (unpaired) electrons. The van der Waals surface area contributed by atoms with Gasteiger partial charge in [-0.15, -0.1) is 0 Å². The molecule has 1 unspecified atom stereocenters. The molecule has 0 aliphatic carbocycles. The van der Waals surface area contributed by atoms with Crippen molar-refractivity contribution in [3.63, 3.8) is 0 Å². The molecule has 1 atom stereocenters. The second kappa shape index (κ2) is 9.07. The van der Waals surface area contributed by atoms with E-state index in [0.29, 0.717) is 44.8 Å². The van der Waals surface area contributed by atoms with Gasteiger partial charge in [0, 0.05) is 63.6 Å². The van der Waals surface area contributed by atoms with Gasteiger partial charge in [-0.2, -0.15) is 0 Å². The van der Waals surface area contributed by atoms with E-state index in [4.69, 9.17) is 0 Å². The highest BCUT2D eigenvalue weighted by Crippen LogP contribution is 2.23. The molecule has 156 valence electrons. The molecule has 0 saturated carbocycles. The molecule has 0 spiro atoms. The average Bonchev–Trinajstić information content (AvgIpc) is 2.99. The zero-order valence-electron chi connectivity index (χ0n) is 16.9. The van der Waals surface area contributed by atoms with E-state index in [1.165, 1.54) is 0 Å². The van der Waals surface area contributed by atoms with Crippen LogP contribution < -0.4 is 0 Å². The molecule has 3 heterocycles. The van der Waals surface area contributed by atoms with Crippen molar-refractivity contribution in [1.29, 1.82) is 0 Å². The summed E-state index contributed by atoms with van der Waals surface area (Å²) in [7, 11) is 0. The lowest BCUT2D eigenvalue weighted by Crippen LogP contribution is -2.40. The SMILES string of the molecule is O=C1CC(C(=O)N2CCCN(C(=O)c3ccncc3)CC2)CN1Cc1ccccc1. The van der Waals surface area contributed by atoms with E-state index in [2.05, 4.69) is 4.98 Å². The number of rotatable bonds is 4. The Labute approximate surface area is 176 Å². The van der Waals surface area contributed by atoms with Crippen LogP contribution >= 0.6 is 0 Å². The lowest BCUT2D eigenvalue weighted by Gasteiger charge is -2.24. The minimum Gasteiger partial charge on any atom is -0.341 e. The molecular weight excluding hydrogens is 380 g/mol. The van der Waals surface area contributed by atoms with Gasteiger partial charge in [0.15, 0.2) is 0 Å². The van der Waals surface area contributed by atoms with Crippen LogP contribution in [0.2, 0.25) is 0 Å². The first-order chi connectivity index (χ1) is 14.6. The number of pyridine rings is 1. The summed E-state index contributed by atoms with van der Waals surface area (Å²) in [5.74, 6) is -0.279. The van der Waals surface area contributed by atoms with E-state index < -0.39 is 0 Å². The van der Waals surface area contributed by atoms with Crippen molar-refractivity contribution in [3.8, 4) is 0 Å². The first-order valence-corrected chi connectivity index (χ1v) is 10.4. The maximum Gasteiger partial charge on any atom is 0.254 e. The number of hydrogen-bond acceptors (Lipinski definition) is 4. The molecule has 30 heavy (non-hydrogen) atoms. The van der Waals surface area contributed by atoms with Crippen LogP contribution in [0.4, 0.5) is 0 Å². The molecule has 0 bridgehead atoms. The minimum atomic E-state index is -0.302. The molecular formula is C23H26N4O3. The van der Waals surface area contributed by atoms with Crippen LogP contribution in [-0.4, -0.2) is 70.1 Å². The lowest BCUT2D eigenvalue weighted by atomic mass is 10.1. The molecule has 2 fully saturated rings. The number of carbonyl (C=O) groups excluding carboxylic acids is 3. The second-order valence-electron chi connectivity index (χ2n) is 7.87. The van der Waals surface area contributed by atoms with Gasteiger partial charge in [0.1, 0.15) is 0 Å². The number of benzene rings is 1. The van der Waals surface area contributed by atoms with Crippen LogP contribution in [0, 0.1) is 5.92 Å². The van der Waals surface area contributed by atoms with Gasteiger partial charge in [-0.05, 0) is 24.1 Å². The number of carbonyl (C=O) groups is 3. The third-order valence-electron chi connectivity index (χ3n) is 5.80. The Morgan fingerprint density at radius 1 is 0.933 bits per heavy atom. The molecule has 0 N–H and O–H groups in total. The van der Waals surface area contributed by atoms with Crippen LogP contribution in [0.3, 0.4) is 0 Å². The Kier molecular flexibility index (Phi) is 6.07. The summed E-state index contributed by atoms with van der Waals surface area (Å²) in [5.41, 5.74) is 1.68. The van der Waals surface area contributed by atoms with Crippen molar-refractivity contribution < 1.29 is 14.4 Å². The monoisotopic (exact) mass is 406 g/mol. The molecule has 2 aliphatic heterocycles. The highest BCUT2D eigenvalue weighted by atomic mass is 16.2. The second-order valence-corrected chi connectivity index (χ2v) is 7.87. The molecule has 2 saturated heterocycles. The maximum absolute atomic E-state index is 13.1. The molecule has 1 aromatic carbocycles. The normalized spacial score (nSPS) is 19.7. The van der Waals surface area contributed by atoms with Crippen molar-refractivity contribution in [3.05, 3.63) is 66.0 Å². The van der Waals surface area contributed by atoms with Crippen LogP contribution in [-0.2, 0) is 16.1 Å². The number of nitrogens with zero attached hydrogens (tertiary/aromatic N) is 4. The molecule has 7 heteroatoms. The van der Waals surface area contributed by atoms with Gasteiger partial charge in [-0.3, -0.25) is 19.4 Å². The highest BCUT2D eigenvalue weighted by Gasteiger charge is 2.37. The van der Waals surface area contributed by atoms with Crippen LogP contribution in [0.25, 0.3) is 0 Å². The number of aromatic nitrogens is 1. The quantitative estimate of drug-likeness (QED) is 0.776. The van der Waals surface area contributed by atoms with E-state index in [1.807, 2.05) is 35.2 Å². The third-order valence-corrected chi connectivity index (χ3v) is 5.80. The zero-order valence-corrected chi connectivity index (χ0v) is 16.9. The largest absolute Gasteiger partial charge is 0.341 e. The Bertz CT molecular complexity index is 903. The Hall–Kier alpha value is -3.22. The lowest BCUT2D eigenvalue weighted by molar-refractivity contribution is -0.135. The summed E-state index contributed by atoms with van der Waals surface area (Å²) in [6.07, 6.45) is 4.22. The van der Waals surface area contributed by atoms with E-state index in [9.17, 15) is 14.4 Å². The van der Waals surface area contributed by atoms with Gasteiger partial charge in [0.25, 0.3) is 5.91 Å². The highest BCUT2D eigenvalue weighted by molar-refractivity contribution is 5.94. The smallest absolute Gasteiger partial charge is 0.254 e. The topological polar surface area (TPSA) is 73.8 Å². The fraction of sp³-hybridized carbons (Fsp3) is 0.391. The van der Waals surface area contributed by atoms with Crippen molar-refractivity contribution >= 4 is 17.7 Å². The predicted molar refractivity (Wildman–Crippen MR) is 111 cm³/mol. The number of likely N-dealkylation sites (tertiary alicyclic amines) is 1. The van der Waals surface area contributed by atoms with Gasteiger partial charge >= 0.3 is 0 Å². The van der Waals surface area contributed by atoms with E-state index in [1.54, 1.807) is 34.3 Å². The fourth-order valence-electron chi connectivity index (χ4n) is 4.17.